The number of aromatic hydroxyl groups is 1. The average molecular weight is 362 g/mol. The Balaban J connectivity index is 2.24. The van der Waals surface area contributed by atoms with E-state index in [1.165, 1.54) is 5.20 Å². The Morgan fingerprint density at radius 1 is 0.923 bits per heavy atom. The van der Waals surface area contributed by atoms with Crippen LogP contribution in [-0.4, -0.2) is 18.2 Å². The van der Waals surface area contributed by atoms with Crippen LogP contribution in [0.25, 0.3) is 22.2 Å². The van der Waals surface area contributed by atoms with Crippen molar-refractivity contribution in [1.29, 1.82) is 0 Å². The summed E-state index contributed by atoms with van der Waals surface area (Å²) in [5.74, 6) is 0.310. The molecule has 2 nitrogen and oxygen atoms in total. The molecule has 0 radical (unpaired) electrons. The molecular weight excluding hydrogens is 334 g/mol. The molecule has 0 saturated heterocycles. The minimum atomic E-state index is -1.88. The van der Waals surface area contributed by atoms with Crippen molar-refractivity contribution in [3.8, 4) is 5.75 Å². The molecule has 26 heavy (non-hydrogen) atoms. The molecule has 0 spiro atoms. The van der Waals surface area contributed by atoms with Gasteiger partial charge in [0, 0.05) is 10.9 Å². The van der Waals surface area contributed by atoms with E-state index in [9.17, 15) is 5.11 Å². The maximum atomic E-state index is 10.3. The number of phenolic OH excluding ortho intramolecular Hbond substituents is 1. The van der Waals surface area contributed by atoms with E-state index in [2.05, 4.69) is 64.2 Å². The predicted molar refractivity (Wildman–Crippen MR) is 115 cm³/mol. The number of benzene rings is 2. The van der Waals surface area contributed by atoms with E-state index in [0.29, 0.717) is 5.75 Å². The fourth-order valence-corrected chi connectivity index (χ4v) is 5.06. The Morgan fingerprint density at radius 2 is 1.58 bits per heavy atom. The molecule has 1 N–H and O–H groups in total. The van der Waals surface area contributed by atoms with Crippen LogP contribution in [0.15, 0.2) is 60.7 Å². The molecule has 0 unspecified atom stereocenters. The van der Waals surface area contributed by atoms with Gasteiger partial charge in [0.25, 0.3) is 0 Å². The standard InChI is InChI=1S/C23H27NOSi/c1-23(2,3)26(4,5)22(16-18-11-7-9-13-21(18)25)20-15-14-17-10-6-8-12-19(17)24-20/h6-16,25H,1-5H3/b22-16+. The van der Waals surface area contributed by atoms with Gasteiger partial charge in [-0.3, -0.25) is 0 Å². The summed E-state index contributed by atoms with van der Waals surface area (Å²) in [6, 6.07) is 20.0. The van der Waals surface area contributed by atoms with Crippen LogP contribution in [0.1, 0.15) is 32.0 Å². The zero-order valence-corrected chi connectivity index (χ0v) is 17.2. The van der Waals surface area contributed by atoms with Crippen molar-refractivity contribution in [2.45, 2.75) is 38.9 Å². The van der Waals surface area contributed by atoms with Crippen molar-refractivity contribution in [2.75, 3.05) is 0 Å². The first-order valence-electron chi connectivity index (χ1n) is 9.06. The van der Waals surface area contributed by atoms with Gasteiger partial charge in [-0.1, -0.05) is 76.3 Å². The van der Waals surface area contributed by atoms with Gasteiger partial charge in [-0.15, -0.1) is 0 Å². The number of fused-ring (bicyclic) bond motifs is 1. The van der Waals surface area contributed by atoms with E-state index in [1.807, 2.05) is 30.3 Å². The van der Waals surface area contributed by atoms with Crippen molar-refractivity contribution < 1.29 is 5.11 Å². The van der Waals surface area contributed by atoms with Crippen molar-refractivity contribution in [3.63, 3.8) is 0 Å². The van der Waals surface area contributed by atoms with Crippen molar-refractivity contribution in [1.82, 2.24) is 4.98 Å². The third kappa shape index (κ3) is 3.45. The fraction of sp³-hybridized carbons (Fsp3) is 0.261. The monoisotopic (exact) mass is 361 g/mol. The topological polar surface area (TPSA) is 33.1 Å². The van der Waals surface area contributed by atoms with Crippen LogP contribution in [0.3, 0.4) is 0 Å². The second-order valence-corrected chi connectivity index (χ2v) is 13.7. The summed E-state index contributed by atoms with van der Waals surface area (Å²) in [5, 5.41) is 12.9. The van der Waals surface area contributed by atoms with Gasteiger partial charge in [-0.25, -0.2) is 4.98 Å². The van der Waals surface area contributed by atoms with E-state index in [-0.39, 0.29) is 5.04 Å². The summed E-state index contributed by atoms with van der Waals surface area (Å²) in [7, 11) is -1.88. The number of phenols is 1. The van der Waals surface area contributed by atoms with Gasteiger partial charge in [0.05, 0.1) is 19.3 Å². The van der Waals surface area contributed by atoms with Gasteiger partial charge in [0.15, 0.2) is 0 Å². The summed E-state index contributed by atoms with van der Waals surface area (Å²) in [6.07, 6.45) is 2.14. The fourth-order valence-electron chi connectivity index (χ4n) is 2.96. The quantitative estimate of drug-likeness (QED) is 0.538. The summed E-state index contributed by atoms with van der Waals surface area (Å²) >= 11 is 0. The van der Waals surface area contributed by atoms with Gasteiger partial charge in [0.1, 0.15) is 5.75 Å². The normalized spacial score (nSPS) is 13.2. The number of hydrogen-bond acceptors (Lipinski definition) is 2. The molecule has 0 aliphatic carbocycles. The molecule has 3 aromatic rings. The highest BCUT2D eigenvalue weighted by Gasteiger charge is 2.39. The van der Waals surface area contributed by atoms with E-state index in [4.69, 9.17) is 4.98 Å². The van der Waals surface area contributed by atoms with E-state index in [1.54, 1.807) is 6.07 Å². The summed E-state index contributed by atoms with van der Waals surface area (Å²) in [5.41, 5.74) is 2.87. The number of rotatable bonds is 3. The lowest BCUT2D eigenvalue weighted by Gasteiger charge is -2.39. The second kappa shape index (κ2) is 6.73. The lowest BCUT2D eigenvalue weighted by atomic mass is 10.1. The maximum Gasteiger partial charge on any atom is 0.122 e. The molecule has 0 amide bonds. The largest absolute Gasteiger partial charge is 0.507 e. The molecule has 3 heteroatoms. The van der Waals surface area contributed by atoms with Crippen LogP contribution < -0.4 is 0 Å². The zero-order valence-electron chi connectivity index (χ0n) is 16.2. The van der Waals surface area contributed by atoms with Gasteiger partial charge >= 0.3 is 0 Å². The molecule has 3 rings (SSSR count). The lowest BCUT2D eigenvalue weighted by Crippen LogP contribution is -2.39. The Labute approximate surface area is 157 Å². The van der Waals surface area contributed by atoms with E-state index in [0.717, 1.165) is 22.2 Å². The first kappa shape index (κ1) is 18.4. The molecule has 0 bridgehead atoms. The number of aromatic nitrogens is 1. The summed E-state index contributed by atoms with van der Waals surface area (Å²) in [4.78, 5) is 4.97. The number of pyridine rings is 1. The SMILES string of the molecule is CC(C)(C)[Si](C)(C)/C(=C/c1ccccc1O)c1ccc2ccccc2n1. The molecular formula is C23H27NOSi. The van der Waals surface area contributed by atoms with Gasteiger partial charge in [-0.05, 0) is 34.5 Å². The smallest absolute Gasteiger partial charge is 0.122 e. The zero-order chi connectivity index (χ0) is 18.9. The number of hydrogen-bond donors (Lipinski definition) is 1. The number of nitrogens with zero attached hydrogens (tertiary/aromatic N) is 1. The average Bonchev–Trinajstić information content (AvgIpc) is 2.59. The molecule has 0 fully saturated rings. The molecule has 134 valence electrons. The van der Waals surface area contributed by atoms with Crippen molar-refractivity contribution >= 4 is 30.2 Å². The maximum absolute atomic E-state index is 10.3. The molecule has 0 atom stereocenters. The van der Waals surface area contributed by atoms with Crippen LogP contribution in [0, 0.1) is 0 Å². The third-order valence-corrected chi connectivity index (χ3v) is 11.2. The summed E-state index contributed by atoms with van der Waals surface area (Å²) < 4.78 is 0. The highest BCUT2D eigenvalue weighted by atomic mass is 28.3. The van der Waals surface area contributed by atoms with Crippen molar-refractivity contribution in [3.05, 3.63) is 71.9 Å². The van der Waals surface area contributed by atoms with Crippen molar-refractivity contribution in [2.24, 2.45) is 0 Å². The predicted octanol–water partition coefficient (Wildman–Crippen LogP) is 6.53. The molecule has 1 heterocycles. The van der Waals surface area contributed by atoms with Gasteiger partial charge in [-0.2, -0.15) is 0 Å². The first-order chi connectivity index (χ1) is 12.2. The number of para-hydroxylation sites is 2. The van der Waals surface area contributed by atoms with Gasteiger partial charge in [0.2, 0.25) is 0 Å². The van der Waals surface area contributed by atoms with E-state index >= 15 is 0 Å². The molecule has 0 aliphatic heterocycles. The van der Waals surface area contributed by atoms with E-state index < -0.39 is 8.07 Å². The molecule has 0 saturated carbocycles. The Morgan fingerprint density at radius 3 is 2.27 bits per heavy atom. The van der Waals surface area contributed by atoms with Crippen LogP contribution >= 0.6 is 0 Å². The minimum Gasteiger partial charge on any atom is -0.507 e. The second-order valence-electron chi connectivity index (χ2n) is 8.38. The lowest BCUT2D eigenvalue weighted by molar-refractivity contribution is 0.474. The Bertz CT molecular complexity index is 967. The Hall–Kier alpha value is -2.39. The first-order valence-corrected chi connectivity index (χ1v) is 12.1. The van der Waals surface area contributed by atoms with Crippen LogP contribution in [0.4, 0.5) is 0 Å². The Kier molecular flexibility index (Phi) is 4.76. The molecule has 2 aromatic carbocycles. The van der Waals surface area contributed by atoms with Crippen LogP contribution in [-0.2, 0) is 0 Å². The summed E-state index contributed by atoms with van der Waals surface area (Å²) in [6.45, 7) is 11.7. The third-order valence-electron chi connectivity index (χ3n) is 5.66. The highest BCUT2D eigenvalue weighted by molar-refractivity contribution is 6.97. The minimum absolute atomic E-state index is 0.163. The molecule has 0 aliphatic rings. The molecule has 1 aromatic heterocycles. The van der Waals surface area contributed by atoms with Gasteiger partial charge < -0.3 is 5.11 Å². The van der Waals surface area contributed by atoms with Crippen LogP contribution in [0.2, 0.25) is 18.1 Å². The van der Waals surface area contributed by atoms with Crippen LogP contribution in [0.5, 0.6) is 5.75 Å². The highest BCUT2D eigenvalue weighted by Crippen LogP contribution is 2.45.